The summed E-state index contributed by atoms with van der Waals surface area (Å²) in [5, 5.41) is 3.23. The van der Waals surface area contributed by atoms with E-state index >= 15 is 0 Å². The number of aryl methyl sites for hydroxylation is 1. The predicted molar refractivity (Wildman–Crippen MR) is 56.1 cm³/mol. The van der Waals surface area contributed by atoms with Crippen LogP contribution in [0.1, 0.15) is 11.1 Å². The average Bonchev–Trinajstić information content (AvgIpc) is 2.16. The number of carbonyl (C=O) groups excluding carboxylic acids is 1. The van der Waals surface area contributed by atoms with Crippen molar-refractivity contribution in [2.75, 3.05) is 11.9 Å². The fourth-order valence-corrected chi connectivity index (χ4v) is 1.80. The molecule has 74 valence electrons. The highest BCUT2D eigenvalue weighted by Crippen LogP contribution is 2.25. The number of hydrogen-bond acceptors (Lipinski definition) is 2. The molecule has 0 radical (unpaired) electrons. The molecule has 1 atom stereocenters. The molecule has 1 aromatic carbocycles. The van der Waals surface area contributed by atoms with Gasteiger partial charge in [0.25, 0.3) is 0 Å². The van der Waals surface area contributed by atoms with Gasteiger partial charge in [-0.2, -0.15) is 0 Å². The summed E-state index contributed by atoms with van der Waals surface area (Å²) in [6.07, 6.45) is 0.762. The molecule has 1 aliphatic rings. The monoisotopic (exact) mass is 190 g/mol. The number of fused-ring (bicyclic) bond motifs is 1. The van der Waals surface area contributed by atoms with E-state index in [1.54, 1.807) is 0 Å². The number of hydrogen-bond donors (Lipinski definition) is 2. The van der Waals surface area contributed by atoms with E-state index in [-0.39, 0.29) is 11.8 Å². The molecule has 1 amide bonds. The standard InChI is InChI=1S/C11H14N2O/c1-7-2-3-8-5-9(11(12)14)6-13-10(8)4-7/h2-4,9,13H,5-6H2,1H3,(H2,12,14). The second-order valence-corrected chi connectivity index (χ2v) is 3.84. The van der Waals surface area contributed by atoms with Gasteiger partial charge in [0, 0.05) is 12.2 Å². The second kappa shape index (κ2) is 3.33. The van der Waals surface area contributed by atoms with Crippen LogP contribution in [0.4, 0.5) is 5.69 Å². The zero-order valence-corrected chi connectivity index (χ0v) is 8.21. The van der Waals surface area contributed by atoms with Gasteiger partial charge in [-0.15, -0.1) is 0 Å². The fourth-order valence-electron chi connectivity index (χ4n) is 1.80. The van der Waals surface area contributed by atoms with Gasteiger partial charge in [0.1, 0.15) is 0 Å². The van der Waals surface area contributed by atoms with Gasteiger partial charge in [-0.3, -0.25) is 4.79 Å². The maximum atomic E-state index is 11.0. The first-order chi connectivity index (χ1) is 6.66. The summed E-state index contributed by atoms with van der Waals surface area (Å²) in [5.74, 6) is -0.283. The van der Waals surface area contributed by atoms with E-state index in [0.29, 0.717) is 6.54 Å². The number of anilines is 1. The fraction of sp³-hybridized carbons (Fsp3) is 0.364. The molecule has 14 heavy (non-hydrogen) atoms. The van der Waals surface area contributed by atoms with Gasteiger partial charge in [-0.25, -0.2) is 0 Å². The summed E-state index contributed by atoms with van der Waals surface area (Å²) in [4.78, 5) is 11.0. The number of primary amides is 1. The molecule has 0 spiro atoms. The summed E-state index contributed by atoms with van der Waals surface area (Å²) in [6, 6.07) is 6.23. The maximum Gasteiger partial charge on any atom is 0.222 e. The minimum atomic E-state index is -0.219. The second-order valence-electron chi connectivity index (χ2n) is 3.84. The molecule has 0 bridgehead atoms. The summed E-state index contributed by atoms with van der Waals surface area (Å²) in [5.41, 5.74) is 8.83. The van der Waals surface area contributed by atoms with E-state index < -0.39 is 0 Å². The van der Waals surface area contributed by atoms with Gasteiger partial charge in [0.15, 0.2) is 0 Å². The molecule has 0 fully saturated rings. The summed E-state index contributed by atoms with van der Waals surface area (Å²) in [6.45, 7) is 2.72. The van der Waals surface area contributed by atoms with Crippen molar-refractivity contribution >= 4 is 11.6 Å². The van der Waals surface area contributed by atoms with E-state index in [1.165, 1.54) is 11.1 Å². The molecule has 3 N–H and O–H groups in total. The molecule has 2 rings (SSSR count). The number of nitrogens with two attached hydrogens (primary N) is 1. The van der Waals surface area contributed by atoms with Crippen molar-refractivity contribution in [3.8, 4) is 0 Å². The Balaban J connectivity index is 2.27. The number of amides is 1. The third-order valence-electron chi connectivity index (χ3n) is 2.67. The topological polar surface area (TPSA) is 55.1 Å². The number of carbonyl (C=O) groups is 1. The lowest BCUT2D eigenvalue weighted by molar-refractivity contribution is -0.121. The van der Waals surface area contributed by atoms with Crippen LogP contribution < -0.4 is 11.1 Å². The summed E-state index contributed by atoms with van der Waals surface area (Å²) < 4.78 is 0. The zero-order valence-electron chi connectivity index (χ0n) is 8.21. The van der Waals surface area contributed by atoms with Gasteiger partial charge >= 0.3 is 0 Å². The lowest BCUT2D eigenvalue weighted by atomic mass is 9.93. The minimum Gasteiger partial charge on any atom is -0.384 e. The van der Waals surface area contributed by atoms with E-state index in [0.717, 1.165) is 12.1 Å². The van der Waals surface area contributed by atoms with Crippen LogP contribution in [0.5, 0.6) is 0 Å². The zero-order chi connectivity index (χ0) is 10.1. The number of benzene rings is 1. The smallest absolute Gasteiger partial charge is 0.222 e. The van der Waals surface area contributed by atoms with Gasteiger partial charge < -0.3 is 11.1 Å². The highest BCUT2D eigenvalue weighted by molar-refractivity contribution is 5.79. The summed E-state index contributed by atoms with van der Waals surface area (Å²) in [7, 11) is 0. The maximum absolute atomic E-state index is 11.0. The quantitative estimate of drug-likeness (QED) is 0.695. The minimum absolute atomic E-state index is 0.0646. The van der Waals surface area contributed by atoms with Crippen LogP contribution in [-0.4, -0.2) is 12.5 Å². The predicted octanol–water partition coefficient (Wildman–Crippen LogP) is 1.06. The molecule has 1 unspecified atom stereocenters. The molecule has 3 nitrogen and oxygen atoms in total. The van der Waals surface area contributed by atoms with Crippen LogP contribution in [-0.2, 0) is 11.2 Å². The molecular formula is C11H14N2O. The first kappa shape index (κ1) is 9.06. The SMILES string of the molecule is Cc1ccc2c(c1)NCC(C(N)=O)C2. The highest BCUT2D eigenvalue weighted by Gasteiger charge is 2.21. The third kappa shape index (κ3) is 1.58. The molecular weight excluding hydrogens is 176 g/mol. The van der Waals surface area contributed by atoms with Crippen LogP contribution in [0.25, 0.3) is 0 Å². The van der Waals surface area contributed by atoms with Gasteiger partial charge in [-0.05, 0) is 30.5 Å². The van der Waals surface area contributed by atoms with Crippen LogP contribution in [0.15, 0.2) is 18.2 Å². The van der Waals surface area contributed by atoms with Crippen molar-refractivity contribution in [3.05, 3.63) is 29.3 Å². The Hall–Kier alpha value is -1.51. The molecule has 0 aromatic heterocycles. The number of nitrogens with one attached hydrogen (secondary N) is 1. The van der Waals surface area contributed by atoms with E-state index in [2.05, 4.69) is 30.4 Å². The molecule has 1 aliphatic heterocycles. The van der Waals surface area contributed by atoms with Gasteiger partial charge in [0.05, 0.1) is 5.92 Å². The molecule has 1 heterocycles. The van der Waals surface area contributed by atoms with Crippen molar-refractivity contribution in [1.29, 1.82) is 0 Å². The average molecular weight is 190 g/mol. The normalized spacial score (nSPS) is 19.6. The van der Waals surface area contributed by atoms with Gasteiger partial charge in [0.2, 0.25) is 5.91 Å². The first-order valence-electron chi connectivity index (χ1n) is 4.79. The van der Waals surface area contributed by atoms with Crippen molar-refractivity contribution < 1.29 is 4.79 Å². The molecule has 3 heteroatoms. The molecule has 0 saturated carbocycles. The largest absolute Gasteiger partial charge is 0.384 e. The summed E-state index contributed by atoms with van der Waals surface area (Å²) >= 11 is 0. The Morgan fingerprint density at radius 2 is 2.36 bits per heavy atom. The van der Waals surface area contributed by atoms with Crippen molar-refractivity contribution in [3.63, 3.8) is 0 Å². The first-order valence-corrected chi connectivity index (χ1v) is 4.79. The third-order valence-corrected chi connectivity index (χ3v) is 2.67. The van der Waals surface area contributed by atoms with E-state index in [1.807, 2.05) is 0 Å². The highest BCUT2D eigenvalue weighted by atomic mass is 16.1. The van der Waals surface area contributed by atoms with Gasteiger partial charge in [-0.1, -0.05) is 12.1 Å². The molecule has 0 saturated heterocycles. The Morgan fingerprint density at radius 3 is 3.07 bits per heavy atom. The van der Waals surface area contributed by atoms with E-state index in [4.69, 9.17) is 5.73 Å². The molecule has 1 aromatic rings. The van der Waals surface area contributed by atoms with Crippen molar-refractivity contribution in [1.82, 2.24) is 0 Å². The van der Waals surface area contributed by atoms with Crippen LogP contribution in [0.2, 0.25) is 0 Å². The Morgan fingerprint density at radius 1 is 1.57 bits per heavy atom. The molecule has 0 aliphatic carbocycles. The van der Waals surface area contributed by atoms with Crippen LogP contribution in [0.3, 0.4) is 0 Å². The Labute approximate surface area is 83.3 Å². The lowest BCUT2D eigenvalue weighted by Crippen LogP contribution is -2.34. The number of rotatable bonds is 1. The van der Waals surface area contributed by atoms with E-state index in [9.17, 15) is 4.79 Å². The Kier molecular flexibility index (Phi) is 2.15. The Bertz CT molecular complexity index is 374. The van der Waals surface area contributed by atoms with Crippen molar-refractivity contribution in [2.45, 2.75) is 13.3 Å². The lowest BCUT2D eigenvalue weighted by Gasteiger charge is -2.24. The van der Waals surface area contributed by atoms with Crippen molar-refractivity contribution in [2.24, 2.45) is 11.7 Å². The van der Waals surface area contributed by atoms with Crippen LogP contribution >= 0.6 is 0 Å². The van der Waals surface area contributed by atoms with Crippen LogP contribution in [0, 0.1) is 12.8 Å².